The lowest BCUT2D eigenvalue weighted by molar-refractivity contribution is -0.123. The Hall–Kier alpha value is -2.28. The van der Waals surface area contributed by atoms with Gasteiger partial charge in [-0.15, -0.1) is 0 Å². The van der Waals surface area contributed by atoms with Crippen LogP contribution in [0.15, 0.2) is 50.6 Å². The fourth-order valence-electron chi connectivity index (χ4n) is 1.47. The number of amides is 1. The van der Waals surface area contributed by atoms with Gasteiger partial charge in [0.1, 0.15) is 5.76 Å². The standard InChI is InChI=1S/C14H13BrN2O4/c1-19-13-7-10(15)4-5-12(13)21-9-14(18)17-16-8-11-3-2-6-20-11/h2-8H,9H2,1H3,(H,17,18)/b16-8-. The van der Waals surface area contributed by atoms with E-state index in [1.807, 2.05) is 0 Å². The summed E-state index contributed by atoms with van der Waals surface area (Å²) >= 11 is 3.33. The maximum Gasteiger partial charge on any atom is 0.277 e. The molecule has 1 aromatic carbocycles. The second kappa shape index (κ2) is 7.49. The van der Waals surface area contributed by atoms with Gasteiger partial charge in [0, 0.05) is 4.47 Å². The maximum absolute atomic E-state index is 11.6. The normalized spacial score (nSPS) is 10.6. The van der Waals surface area contributed by atoms with Crippen molar-refractivity contribution in [1.82, 2.24) is 5.43 Å². The average molecular weight is 353 g/mol. The molecule has 1 amide bonds. The molecule has 6 nitrogen and oxygen atoms in total. The third kappa shape index (κ3) is 4.64. The Morgan fingerprint density at radius 3 is 3.00 bits per heavy atom. The number of nitrogens with zero attached hydrogens (tertiary/aromatic N) is 1. The second-order valence-electron chi connectivity index (χ2n) is 3.89. The largest absolute Gasteiger partial charge is 0.493 e. The van der Waals surface area contributed by atoms with Crippen molar-refractivity contribution in [3.63, 3.8) is 0 Å². The summed E-state index contributed by atoms with van der Waals surface area (Å²) < 4.78 is 16.4. The lowest BCUT2D eigenvalue weighted by atomic mass is 10.3. The van der Waals surface area contributed by atoms with Crippen molar-refractivity contribution in [2.24, 2.45) is 5.10 Å². The summed E-state index contributed by atoms with van der Waals surface area (Å²) in [5.41, 5.74) is 2.34. The number of methoxy groups -OCH3 is 1. The van der Waals surface area contributed by atoms with E-state index in [-0.39, 0.29) is 12.5 Å². The first-order chi connectivity index (χ1) is 10.2. The molecule has 2 rings (SSSR count). The first-order valence-corrected chi connectivity index (χ1v) is 6.80. The zero-order valence-electron chi connectivity index (χ0n) is 11.2. The van der Waals surface area contributed by atoms with Gasteiger partial charge in [-0.05, 0) is 30.3 Å². The number of benzene rings is 1. The van der Waals surface area contributed by atoms with Crippen LogP contribution < -0.4 is 14.9 Å². The summed E-state index contributed by atoms with van der Waals surface area (Å²) in [6.45, 7) is -0.173. The molecular formula is C14H13BrN2O4. The molecule has 0 unspecified atom stereocenters. The molecule has 0 saturated carbocycles. The minimum Gasteiger partial charge on any atom is -0.493 e. The summed E-state index contributed by atoms with van der Waals surface area (Å²) in [5.74, 6) is 1.18. The fourth-order valence-corrected chi connectivity index (χ4v) is 1.81. The van der Waals surface area contributed by atoms with Crippen LogP contribution in [0.5, 0.6) is 11.5 Å². The molecule has 110 valence electrons. The molecule has 2 aromatic rings. The summed E-state index contributed by atoms with van der Waals surface area (Å²) in [6.07, 6.45) is 2.92. The van der Waals surface area contributed by atoms with Gasteiger partial charge in [0.05, 0.1) is 19.6 Å². The molecule has 0 spiro atoms. The predicted octanol–water partition coefficient (Wildman–Crippen LogP) is 2.58. The van der Waals surface area contributed by atoms with Gasteiger partial charge in [-0.2, -0.15) is 5.10 Å². The van der Waals surface area contributed by atoms with E-state index in [4.69, 9.17) is 13.9 Å². The number of ether oxygens (including phenoxy) is 2. The van der Waals surface area contributed by atoms with Crippen LogP contribution in [0.3, 0.4) is 0 Å². The molecule has 0 aliphatic heterocycles. The van der Waals surface area contributed by atoms with Gasteiger partial charge in [-0.25, -0.2) is 5.43 Å². The number of nitrogens with one attached hydrogen (secondary N) is 1. The Labute approximate surface area is 129 Å². The van der Waals surface area contributed by atoms with Crippen LogP contribution in [0.25, 0.3) is 0 Å². The third-order valence-electron chi connectivity index (χ3n) is 2.41. The molecule has 1 heterocycles. The Morgan fingerprint density at radius 2 is 2.29 bits per heavy atom. The van der Waals surface area contributed by atoms with Crippen molar-refractivity contribution in [2.45, 2.75) is 0 Å². The van der Waals surface area contributed by atoms with Gasteiger partial charge in [-0.1, -0.05) is 15.9 Å². The van der Waals surface area contributed by atoms with E-state index in [0.29, 0.717) is 17.3 Å². The lowest BCUT2D eigenvalue weighted by Gasteiger charge is -2.09. The van der Waals surface area contributed by atoms with Crippen LogP contribution in [-0.2, 0) is 4.79 Å². The number of hydrogen-bond donors (Lipinski definition) is 1. The van der Waals surface area contributed by atoms with E-state index in [0.717, 1.165) is 4.47 Å². The van der Waals surface area contributed by atoms with Gasteiger partial charge in [0.2, 0.25) is 0 Å². The van der Waals surface area contributed by atoms with E-state index >= 15 is 0 Å². The number of rotatable bonds is 6. The van der Waals surface area contributed by atoms with E-state index in [2.05, 4.69) is 26.5 Å². The van der Waals surface area contributed by atoms with Gasteiger partial charge in [-0.3, -0.25) is 4.79 Å². The van der Waals surface area contributed by atoms with Gasteiger partial charge in [0.15, 0.2) is 18.1 Å². The van der Waals surface area contributed by atoms with Crippen molar-refractivity contribution < 1.29 is 18.7 Å². The highest BCUT2D eigenvalue weighted by atomic mass is 79.9. The first-order valence-electron chi connectivity index (χ1n) is 6.01. The highest BCUT2D eigenvalue weighted by Gasteiger charge is 2.07. The van der Waals surface area contributed by atoms with Gasteiger partial charge >= 0.3 is 0 Å². The zero-order valence-corrected chi connectivity index (χ0v) is 12.8. The SMILES string of the molecule is COc1cc(Br)ccc1OCC(=O)N/N=C\c1ccco1. The molecule has 0 saturated heterocycles. The fraction of sp³-hybridized carbons (Fsp3) is 0.143. The third-order valence-corrected chi connectivity index (χ3v) is 2.90. The smallest absolute Gasteiger partial charge is 0.277 e. The first kappa shape index (κ1) is 15.1. The molecule has 0 fully saturated rings. The number of hydrogen-bond acceptors (Lipinski definition) is 5. The van der Waals surface area contributed by atoms with Crippen LogP contribution >= 0.6 is 15.9 Å². The summed E-state index contributed by atoms with van der Waals surface area (Å²) in [4.78, 5) is 11.6. The van der Waals surface area contributed by atoms with Crippen molar-refractivity contribution in [1.29, 1.82) is 0 Å². The number of carbonyl (C=O) groups is 1. The molecule has 0 aliphatic rings. The molecule has 0 aliphatic carbocycles. The van der Waals surface area contributed by atoms with Crippen LogP contribution in [0.2, 0.25) is 0 Å². The van der Waals surface area contributed by atoms with Gasteiger partial charge < -0.3 is 13.9 Å². The van der Waals surface area contributed by atoms with Crippen molar-refractivity contribution in [3.05, 3.63) is 46.8 Å². The van der Waals surface area contributed by atoms with E-state index in [1.165, 1.54) is 19.6 Å². The number of hydrazone groups is 1. The quantitative estimate of drug-likeness (QED) is 0.640. The molecule has 1 N–H and O–H groups in total. The second-order valence-corrected chi connectivity index (χ2v) is 4.81. The van der Waals surface area contributed by atoms with Crippen molar-refractivity contribution in [2.75, 3.05) is 13.7 Å². The molecule has 0 radical (unpaired) electrons. The van der Waals surface area contributed by atoms with Crippen molar-refractivity contribution in [3.8, 4) is 11.5 Å². The molecule has 1 aromatic heterocycles. The van der Waals surface area contributed by atoms with Crippen LogP contribution in [0.1, 0.15) is 5.76 Å². The number of halogens is 1. The summed E-state index contributed by atoms with van der Waals surface area (Å²) in [6, 6.07) is 8.71. The average Bonchev–Trinajstić information content (AvgIpc) is 2.99. The monoisotopic (exact) mass is 352 g/mol. The maximum atomic E-state index is 11.6. The summed E-state index contributed by atoms with van der Waals surface area (Å²) in [5, 5.41) is 3.75. The molecule has 0 atom stereocenters. The highest BCUT2D eigenvalue weighted by molar-refractivity contribution is 9.10. The molecule has 0 bridgehead atoms. The van der Waals surface area contributed by atoms with Crippen LogP contribution in [0, 0.1) is 0 Å². The topological polar surface area (TPSA) is 73.1 Å². The van der Waals surface area contributed by atoms with Crippen molar-refractivity contribution >= 4 is 28.1 Å². The number of furan rings is 1. The van der Waals surface area contributed by atoms with Crippen LogP contribution in [0.4, 0.5) is 0 Å². The molecular weight excluding hydrogens is 340 g/mol. The Balaban J connectivity index is 1.84. The van der Waals surface area contributed by atoms with E-state index < -0.39 is 0 Å². The zero-order chi connectivity index (χ0) is 15.1. The Morgan fingerprint density at radius 1 is 1.43 bits per heavy atom. The summed E-state index contributed by atoms with van der Waals surface area (Å²) in [7, 11) is 1.53. The minimum atomic E-state index is -0.386. The Bertz CT molecular complexity index is 626. The van der Waals surface area contributed by atoms with E-state index in [1.54, 1.807) is 30.3 Å². The van der Waals surface area contributed by atoms with Gasteiger partial charge in [0.25, 0.3) is 5.91 Å². The predicted molar refractivity (Wildman–Crippen MR) is 80.6 cm³/mol. The Kier molecular flexibility index (Phi) is 5.39. The minimum absolute atomic E-state index is 0.173. The van der Waals surface area contributed by atoms with E-state index in [9.17, 15) is 4.79 Å². The molecule has 7 heteroatoms. The number of carbonyl (C=O) groups excluding carboxylic acids is 1. The molecule has 21 heavy (non-hydrogen) atoms. The van der Waals surface area contributed by atoms with Crippen LogP contribution in [-0.4, -0.2) is 25.8 Å². The lowest BCUT2D eigenvalue weighted by Crippen LogP contribution is -2.24. The highest BCUT2D eigenvalue weighted by Crippen LogP contribution is 2.29.